The number of nitrogens with zero attached hydrogens (tertiary/aromatic N) is 1. The van der Waals surface area contributed by atoms with Crippen LogP contribution in [0.25, 0.3) is 0 Å². The zero-order valence-corrected chi connectivity index (χ0v) is 22.5. The van der Waals surface area contributed by atoms with E-state index < -0.39 is 0 Å². The Morgan fingerprint density at radius 3 is 2.14 bits per heavy atom. The fourth-order valence-corrected chi connectivity index (χ4v) is 4.35. The first-order valence-electron chi connectivity index (χ1n) is 13.7. The molecule has 0 unspecified atom stereocenters. The maximum Gasteiger partial charge on any atom is 0.306 e. The van der Waals surface area contributed by atoms with E-state index in [4.69, 9.17) is 9.47 Å². The molecule has 2 aromatic rings. The molecule has 0 aromatic heterocycles. The third-order valence-electron chi connectivity index (χ3n) is 6.41. The van der Waals surface area contributed by atoms with Gasteiger partial charge in [-0.25, -0.2) is 0 Å². The van der Waals surface area contributed by atoms with Crippen molar-refractivity contribution in [3.8, 4) is 5.75 Å². The summed E-state index contributed by atoms with van der Waals surface area (Å²) in [6, 6.07) is 18.9. The average molecular weight is 483 g/mol. The molecule has 0 N–H and O–H groups in total. The van der Waals surface area contributed by atoms with Crippen LogP contribution in [0.3, 0.4) is 0 Å². The van der Waals surface area contributed by atoms with Crippen LogP contribution in [0.15, 0.2) is 54.6 Å². The third-order valence-corrected chi connectivity index (χ3v) is 6.41. The van der Waals surface area contributed by atoms with E-state index in [0.717, 1.165) is 36.2 Å². The number of esters is 1. The molecule has 0 aliphatic rings. The topological polar surface area (TPSA) is 35.5 Å². The molecule has 0 saturated carbocycles. The van der Waals surface area contributed by atoms with Crippen LogP contribution in [0.4, 0.5) is 0 Å². The van der Waals surface area contributed by atoms with Crippen molar-refractivity contribution in [2.45, 2.75) is 84.1 Å². The minimum atomic E-state index is -0.112. The lowest BCUT2D eigenvalue weighted by Gasteiger charge is -2.29. The highest BCUT2D eigenvalue weighted by atomic mass is 16.5. The van der Waals surface area contributed by atoms with Gasteiger partial charge in [-0.3, -0.25) is 4.79 Å². The maximum absolute atomic E-state index is 12.1. The summed E-state index contributed by atoms with van der Waals surface area (Å²) < 4.78 is 12.1. The van der Waals surface area contributed by atoms with Crippen molar-refractivity contribution in [3.63, 3.8) is 0 Å². The maximum atomic E-state index is 12.1. The van der Waals surface area contributed by atoms with Crippen molar-refractivity contribution in [2.75, 3.05) is 33.9 Å². The molecular formula is C31H48NO3+. The zero-order valence-electron chi connectivity index (χ0n) is 22.5. The normalized spacial score (nSPS) is 11.4. The highest BCUT2D eigenvalue weighted by molar-refractivity contribution is 5.69. The fourth-order valence-electron chi connectivity index (χ4n) is 4.35. The molecule has 2 aromatic carbocycles. The highest BCUT2D eigenvalue weighted by Gasteiger charge is 2.16. The second kappa shape index (κ2) is 17.2. The van der Waals surface area contributed by atoms with Gasteiger partial charge in [0.15, 0.2) is 0 Å². The lowest BCUT2D eigenvalue weighted by atomic mass is 10.0. The molecule has 4 heteroatoms. The second-order valence-electron chi connectivity index (χ2n) is 10.3. The van der Waals surface area contributed by atoms with Crippen LogP contribution >= 0.6 is 0 Å². The van der Waals surface area contributed by atoms with Gasteiger partial charge in [0.05, 0.1) is 40.3 Å². The molecule has 0 amide bonds. The van der Waals surface area contributed by atoms with Gasteiger partial charge in [0.1, 0.15) is 12.3 Å². The second-order valence-corrected chi connectivity index (χ2v) is 10.3. The molecule has 2 rings (SSSR count). The number of carbonyl (C=O) groups is 1. The largest absolute Gasteiger partial charge is 0.493 e. The van der Waals surface area contributed by atoms with Crippen LogP contribution in [-0.2, 0) is 22.5 Å². The predicted molar refractivity (Wildman–Crippen MR) is 146 cm³/mol. The van der Waals surface area contributed by atoms with Gasteiger partial charge in [-0.2, -0.15) is 0 Å². The van der Waals surface area contributed by atoms with Gasteiger partial charge in [0.2, 0.25) is 0 Å². The minimum absolute atomic E-state index is 0.112. The summed E-state index contributed by atoms with van der Waals surface area (Å²) in [4.78, 5) is 12.1. The molecular weight excluding hydrogens is 434 g/mol. The van der Waals surface area contributed by atoms with E-state index in [1.807, 2.05) is 6.07 Å². The van der Waals surface area contributed by atoms with Gasteiger partial charge in [0, 0.05) is 18.4 Å². The van der Waals surface area contributed by atoms with Crippen molar-refractivity contribution in [1.82, 2.24) is 0 Å². The van der Waals surface area contributed by atoms with Gasteiger partial charge in [-0.15, -0.1) is 0 Å². The molecule has 0 saturated heterocycles. The molecule has 0 aliphatic carbocycles. The lowest BCUT2D eigenvalue weighted by Crippen LogP contribution is -2.39. The van der Waals surface area contributed by atoms with Crippen LogP contribution in [0, 0.1) is 0 Å². The van der Waals surface area contributed by atoms with Gasteiger partial charge < -0.3 is 14.0 Å². The molecule has 0 bridgehead atoms. The van der Waals surface area contributed by atoms with Crippen LogP contribution in [0.1, 0.15) is 82.3 Å². The number of aryl methyl sites for hydroxylation is 1. The minimum Gasteiger partial charge on any atom is -0.493 e. The van der Waals surface area contributed by atoms with Gasteiger partial charge >= 0.3 is 5.97 Å². The van der Waals surface area contributed by atoms with Gasteiger partial charge in [-0.05, 0) is 30.5 Å². The number of hydrogen-bond donors (Lipinski definition) is 0. The van der Waals surface area contributed by atoms with Crippen LogP contribution in [0.5, 0.6) is 5.75 Å². The van der Waals surface area contributed by atoms with E-state index in [0.29, 0.717) is 26.1 Å². The van der Waals surface area contributed by atoms with E-state index in [1.54, 1.807) is 0 Å². The summed E-state index contributed by atoms with van der Waals surface area (Å²) in [5.41, 5.74) is 2.70. The Hall–Kier alpha value is -2.33. The van der Waals surface area contributed by atoms with E-state index in [1.165, 1.54) is 56.1 Å². The van der Waals surface area contributed by atoms with E-state index in [2.05, 4.69) is 69.6 Å². The molecule has 0 atom stereocenters. The van der Waals surface area contributed by atoms with Crippen molar-refractivity contribution >= 4 is 5.97 Å². The van der Waals surface area contributed by atoms with Gasteiger partial charge in [0.25, 0.3) is 0 Å². The molecule has 194 valence electrons. The Bertz CT molecular complexity index is 802. The van der Waals surface area contributed by atoms with Crippen molar-refractivity contribution in [1.29, 1.82) is 0 Å². The summed E-state index contributed by atoms with van der Waals surface area (Å²) in [5, 5.41) is 0. The number of rotatable bonds is 19. The van der Waals surface area contributed by atoms with Crippen molar-refractivity contribution < 1.29 is 18.8 Å². The Morgan fingerprint density at radius 1 is 0.743 bits per heavy atom. The molecule has 0 heterocycles. The molecule has 4 nitrogen and oxygen atoms in total. The summed E-state index contributed by atoms with van der Waals surface area (Å²) in [6.07, 6.45) is 12.6. The first kappa shape index (κ1) is 28.9. The predicted octanol–water partition coefficient (Wildman–Crippen LogP) is 7.35. The number of unbranched alkanes of at least 4 members (excludes halogenated alkanes) is 6. The summed E-state index contributed by atoms with van der Waals surface area (Å²) in [5.74, 6) is 0.775. The molecule has 0 radical (unpaired) electrons. The van der Waals surface area contributed by atoms with E-state index >= 15 is 0 Å². The standard InChI is InChI=1S/C31H48NO3/c1-4-5-6-7-8-9-11-16-28-20-22-30(23-21-28)34-25-15-26-35-31(33)19-14-24-32(2,3)27-29-17-12-10-13-18-29/h10,12-13,17-18,20-23H,4-9,11,14-16,19,24-27H2,1-3H3/q+1. The summed E-state index contributed by atoms with van der Waals surface area (Å²) in [7, 11) is 4.41. The number of quaternary nitrogens is 1. The SMILES string of the molecule is CCCCCCCCCc1ccc(OCCCOC(=O)CCC[N+](C)(C)Cc2ccccc2)cc1. The smallest absolute Gasteiger partial charge is 0.306 e. The Morgan fingerprint density at radius 2 is 1.43 bits per heavy atom. The number of hydrogen-bond acceptors (Lipinski definition) is 3. The van der Waals surface area contributed by atoms with Crippen LogP contribution in [-0.4, -0.2) is 44.3 Å². The molecule has 0 fully saturated rings. The number of benzene rings is 2. The van der Waals surface area contributed by atoms with Crippen LogP contribution < -0.4 is 4.74 Å². The Kier molecular flexibility index (Phi) is 14.2. The number of ether oxygens (including phenoxy) is 2. The van der Waals surface area contributed by atoms with Crippen molar-refractivity contribution in [2.24, 2.45) is 0 Å². The summed E-state index contributed by atoms with van der Waals surface area (Å²) >= 11 is 0. The molecule has 0 aliphatic heterocycles. The summed E-state index contributed by atoms with van der Waals surface area (Å²) in [6.45, 7) is 5.15. The Balaban J connectivity index is 1.48. The monoisotopic (exact) mass is 482 g/mol. The Labute approximate surface area is 214 Å². The van der Waals surface area contributed by atoms with Crippen molar-refractivity contribution in [3.05, 3.63) is 65.7 Å². The van der Waals surface area contributed by atoms with E-state index in [9.17, 15) is 4.79 Å². The fraction of sp³-hybridized carbons (Fsp3) is 0.581. The van der Waals surface area contributed by atoms with E-state index in [-0.39, 0.29) is 5.97 Å². The zero-order chi connectivity index (χ0) is 25.2. The highest BCUT2D eigenvalue weighted by Crippen LogP contribution is 2.16. The first-order valence-corrected chi connectivity index (χ1v) is 13.7. The van der Waals surface area contributed by atoms with Gasteiger partial charge in [-0.1, -0.05) is 87.9 Å². The molecule has 0 spiro atoms. The average Bonchev–Trinajstić information content (AvgIpc) is 2.84. The first-order chi connectivity index (χ1) is 17.0. The third kappa shape index (κ3) is 14.0. The number of carbonyl (C=O) groups excluding carboxylic acids is 1. The lowest BCUT2D eigenvalue weighted by molar-refractivity contribution is -0.903. The van der Waals surface area contributed by atoms with Crippen LogP contribution in [0.2, 0.25) is 0 Å². The quantitative estimate of drug-likeness (QED) is 0.119. The molecule has 35 heavy (non-hydrogen) atoms.